The van der Waals surface area contributed by atoms with Crippen molar-refractivity contribution in [2.45, 2.75) is 12.8 Å². The Morgan fingerprint density at radius 3 is 2.08 bits per heavy atom. The van der Waals surface area contributed by atoms with E-state index in [0.717, 1.165) is 11.1 Å². The number of piperidine rings is 1. The Morgan fingerprint density at radius 1 is 1.00 bits per heavy atom. The van der Waals surface area contributed by atoms with Gasteiger partial charge < -0.3 is 5.32 Å². The first-order chi connectivity index (χ1) is 11.7. The van der Waals surface area contributed by atoms with Gasteiger partial charge in [-0.2, -0.15) is 5.10 Å². The molecule has 5 nitrogen and oxygen atoms in total. The molecule has 1 fully saturated rings. The predicted octanol–water partition coefficient (Wildman–Crippen LogP) is 2.08. The van der Waals surface area contributed by atoms with Crippen molar-refractivity contribution in [3.05, 3.63) is 71.8 Å². The number of carbonyl (C=O) groups excluding carboxylic acids is 2. The number of nitrogens with one attached hydrogen (secondary N) is 2. The highest BCUT2D eigenvalue weighted by Crippen LogP contribution is 2.13. The SMILES string of the molecule is O=C1CC[C@@H](C(=O)NN=C(c2ccccc2)c2ccccc2)CN1. The van der Waals surface area contributed by atoms with E-state index in [0.29, 0.717) is 25.1 Å². The van der Waals surface area contributed by atoms with Crippen molar-refractivity contribution in [1.29, 1.82) is 0 Å². The molecule has 5 heteroatoms. The van der Waals surface area contributed by atoms with E-state index in [1.54, 1.807) is 0 Å². The van der Waals surface area contributed by atoms with Crippen LogP contribution in [0.5, 0.6) is 0 Å². The van der Waals surface area contributed by atoms with E-state index in [1.165, 1.54) is 0 Å². The topological polar surface area (TPSA) is 70.6 Å². The third-order valence-electron chi connectivity index (χ3n) is 4.01. The van der Waals surface area contributed by atoms with Gasteiger partial charge in [-0.05, 0) is 6.42 Å². The Labute approximate surface area is 140 Å². The van der Waals surface area contributed by atoms with Crippen molar-refractivity contribution in [1.82, 2.24) is 10.7 Å². The summed E-state index contributed by atoms with van der Waals surface area (Å²) >= 11 is 0. The van der Waals surface area contributed by atoms with E-state index in [2.05, 4.69) is 15.8 Å². The van der Waals surface area contributed by atoms with Crippen molar-refractivity contribution < 1.29 is 9.59 Å². The zero-order valence-corrected chi connectivity index (χ0v) is 13.2. The molecule has 3 rings (SSSR count). The average molecular weight is 321 g/mol. The maximum atomic E-state index is 12.3. The zero-order chi connectivity index (χ0) is 16.8. The minimum absolute atomic E-state index is 0.00295. The Morgan fingerprint density at radius 2 is 1.58 bits per heavy atom. The molecule has 1 saturated heterocycles. The number of nitrogens with zero attached hydrogens (tertiary/aromatic N) is 1. The Hall–Kier alpha value is -2.95. The summed E-state index contributed by atoms with van der Waals surface area (Å²) in [5.74, 6) is -0.407. The molecular weight excluding hydrogens is 302 g/mol. The number of benzene rings is 2. The molecule has 0 bridgehead atoms. The van der Waals surface area contributed by atoms with Gasteiger partial charge in [-0.3, -0.25) is 9.59 Å². The van der Waals surface area contributed by atoms with Crippen molar-refractivity contribution in [3.63, 3.8) is 0 Å². The number of rotatable bonds is 4. The Kier molecular flexibility index (Phi) is 5.01. The van der Waals surface area contributed by atoms with Gasteiger partial charge in [0.1, 0.15) is 0 Å². The normalized spacial score (nSPS) is 16.8. The Balaban J connectivity index is 1.80. The van der Waals surface area contributed by atoms with Gasteiger partial charge in [0.25, 0.3) is 0 Å². The van der Waals surface area contributed by atoms with Crippen LogP contribution in [0.15, 0.2) is 65.8 Å². The molecule has 0 unspecified atom stereocenters. The molecule has 0 radical (unpaired) electrons. The van der Waals surface area contributed by atoms with Crippen molar-refractivity contribution in [2.75, 3.05) is 6.54 Å². The molecule has 2 amide bonds. The summed E-state index contributed by atoms with van der Waals surface area (Å²) in [7, 11) is 0. The van der Waals surface area contributed by atoms with Crippen LogP contribution in [0.2, 0.25) is 0 Å². The van der Waals surface area contributed by atoms with Gasteiger partial charge in [-0.1, -0.05) is 60.7 Å². The van der Waals surface area contributed by atoms with Crippen molar-refractivity contribution in [2.24, 2.45) is 11.0 Å². The molecule has 122 valence electrons. The molecule has 1 aliphatic rings. The molecule has 1 aliphatic heterocycles. The summed E-state index contributed by atoms with van der Waals surface area (Å²) in [4.78, 5) is 23.5. The summed E-state index contributed by atoms with van der Waals surface area (Å²) in [6.45, 7) is 0.367. The first-order valence-corrected chi connectivity index (χ1v) is 7.99. The Bertz CT molecular complexity index is 690. The second-order valence-electron chi connectivity index (χ2n) is 5.71. The summed E-state index contributed by atoms with van der Waals surface area (Å²) < 4.78 is 0. The lowest BCUT2D eigenvalue weighted by molar-refractivity contribution is -0.128. The third-order valence-corrected chi connectivity index (χ3v) is 4.01. The molecule has 2 aromatic rings. The summed E-state index contributed by atoms with van der Waals surface area (Å²) in [6.07, 6.45) is 0.936. The lowest BCUT2D eigenvalue weighted by Gasteiger charge is -2.20. The van der Waals surface area contributed by atoms with Gasteiger partial charge in [0.2, 0.25) is 11.8 Å². The molecule has 2 N–H and O–H groups in total. The third kappa shape index (κ3) is 3.87. The van der Waals surface area contributed by atoms with Gasteiger partial charge in [0.05, 0.1) is 11.6 Å². The lowest BCUT2D eigenvalue weighted by Crippen LogP contribution is -2.42. The fourth-order valence-corrected chi connectivity index (χ4v) is 2.65. The minimum Gasteiger partial charge on any atom is -0.355 e. The van der Waals surface area contributed by atoms with E-state index < -0.39 is 0 Å². The van der Waals surface area contributed by atoms with Crippen molar-refractivity contribution in [3.8, 4) is 0 Å². The molecule has 0 saturated carbocycles. The fourth-order valence-electron chi connectivity index (χ4n) is 2.65. The second kappa shape index (κ2) is 7.55. The molecule has 1 atom stereocenters. The van der Waals surface area contributed by atoms with Gasteiger partial charge in [-0.15, -0.1) is 0 Å². The zero-order valence-electron chi connectivity index (χ0n) is 13.2. The standard InChI is InChI=1S/C19H19N3O2/c23-17-12-11-16(13-20-17)19(24)22-21-18(14-7-3-1-4-8-14)15-9-5-2-6-10-15/h1-10,16H,11-13H2,(H,20,23)(H,22,24)/t16-/m1/s1. The number of hydrogen-bond acceptors (Lipinski definition) is 3. The summed E-state index contributed by atoms with van der Waals surface area (Å²) in [6, 6.07) is 19.5. The number of hydrogen-bond donors (Lipinski definition) is 2. The van der Waals surface area contributed by atoms with E-state index in [9.17, 15) is 9.59 Å². The van der Waals surface area contributed by atoms with Crippen LogP contribution in [-0.4, -0.2) is 24.1 Å². The van der Waals surface area contributed by atoms with Gasteiger partial charge in [0.15, 0.2) is 0 Å². The molecule has 0 aromatic heterocycles. The first-order valence-electron chi connectivity index (χ1n) is 7.99. The van der Waals surface area contributed by atoms with Crippen molar-refractivity contribution >= 4 is 17.5 Å². The molecule has 1 heterocycles. The highest BCUT2D eigenvalue weighted by atomic mass is 16.2. The van der Waals surface area contributed by atoms with E-state index >= 15 is 0 Å². The van der Waals surface area contributed by atoms with Crippen LogP contribution in [0.1, 0.15) is 24.0 Å². The van der Waals surface area contributed by atoms with Crippen LogP contribution < -0.4 is 10.7 Å². The van der Waals surface area contributed by atoms with Crippen LogP contribution in [0.25, 0.3) is 0 Å². The van der Waals surface area contributed by atoms with E-state index in [-0.39, 0.29) is 17.7 Å². The highest BCUT2D eigenvalue weighted by Gasteiger charge is 2.24. The first kappa shape index (κ1) is 15.9. The highest BCUT2D eigenvalue weighted by molar-refractivity contribution is 6.13. The molecule has 0 aliphatic carbocycles. The fraction of sp³-hybridized carbons (Fsp3) is 0.211. The van der Waals surface area contributed by atoms with Crippen LogP contribution >= 0.6 is 0 Å². The minimum atomic E-state index is -0.237. The maximum absolute atomic E-state index is 12.3. The van der Waals surface area contributed by atoms with E-state index in [1.807, 2.05) is 60.7 Å². The predicted molar refractivity (Wildman–Crippen MR) is 92.4 cm³/mol. The smallest absolute Gasteiger partial charge is 0.244 e. The molecule has 2 aromatic carbocycles. The summed E-state index contributed by atoms with van der Waals surface area (Å²) in [5.41, 5.74) is 5.24. The van der Waals surface area contributed by atoms with Crippen LogP contribution in [0, 0.1) is 5.92 Å². The molecule has 0 spiro atoms. The second-order valence-corrected chi connectivity index (χ2v) is 5.71. The van der Waals surface area contributed by atoms with Crippen LogP contribution in [0.4, 0.5) is 0 Å². The van der Waals surface area contributed by atoms with Crippen LogP contribution in [0.3, 0.4) is 0 Å². The van der Waals surface area contributed by atoms with Gasteiger partial charge >= 0.3 is 0 Å². The quantitative estimate of drug-likeness (QED) is 0.668. The molecular formula is C19H19N3O2. The summed E-state index contributed by atoms with van der Waals surface area (Å²) in [5, 5.41) is 7.08. The number of hydrazone groups is 1. The molecule has 24 heavy (non-hydrogen) atoms. The maximum Gasteiger partial charge on any atom is 0.244 e. The average Bonchev–Trinajstić information content (AvgIpc) is 2.64. The van der Waals surface area contributed by atoms with E-state index in [4.69, 9.17) is 0 Å². The lowest BCUT2D eigenvalue weighted by atomic mass is 9.99. The largest absolute Gasteiger partial charge is 0.355 e. The monoisotopic (exact) mass is 321 g/mol. The van der Waals surface area contributed by atoms with Gasteiger partial charge in [-0.25, -0.2) is 5.43 Å². The number of carbonyl (C=O) groups is 2. The van der Waals surface area contributed by atoms with Gasteiger partial charge in [0, 0.05) is 24.1 Å². The number of amides is 2. The van der Waals surface area contributed by atoms with Crippen LogP contribution in [-0.2, 0) is 9.59 Å².